The number of anilines is 2. The second kappa shape index (κ2) is 11.3. The van der Waals surface area contributed by atoms with Crippen molar-refractivity contribution in [3.63, 3.8) is 0 Å². The molecule has 6 N–H and O–H groups in total. The molecule has 35 heavy (non-hydrogen) atoms. The van der Waals surface area contributed by atoms with E-state index in [4.69, 9.17) is 23.3 Å². The van der Waals surface area contributed by atoms with Gasteiger partial charge in [0.15, 0.2) is 0 Å². The van der Waals surface area contributed by atoms with Crippen molar-refractivity contribution in [2.45, 2.75) is 26.1 Å². The third kappa shape index (κ3) is 6.37. The van der Waals surface area contributed by atoms with Crippen molar-refractivity contribution >= 4 is 35.2 Å². The van der Waals surface area contributed by atoms with Crippen molar-refractivity contribution in [1.29, 1.82) is 0 Å². The van der Waals surface area contributed by atoms with Gasteiger partial charge in [0.1, 0.15) is 6.34 Å². The number of hydrogen-bond acceptors (Lipinski definition) is 6. The molecular weight excluding hydrogens is 462 g/mol. The Kier molecular flexibility index (Phi) is 7.99. The SMILES string of the molecule is CN1CCc2ccc(NC(=O)c3cccc(CNCc4cc(N(N)C=NN)ccc4Cl)c3)cc2C1. The van der Waals surface area contributed by atoms with Crippen LogP contribution in [-0.2, 0) is 26.1 Å². The lowest BCUT2D eigenvalue weighted by molar-refractivity contribution is 0.102. The van der Waals surface area contributed by atoms with Gasteiger partial charge in [-0.3, -0.25) is 9.80 Å². The first-order valence-electron chi connectivity index (χ1n) is 11.4. The fourth-order valence-electron chi connectivity index (χ4n) is 4.14. The number of carbonyl (C=O) groups excluding carboxylic acids is 1. The van der Waals surface area contributed by atoms with Gasteiger partial charge in [-0.05, 0) is 78.2 Å². The number of nitrogens with one attached hydrogen (secondary N) is 2. The van der Waals surface area contributed by atoms with E-state index in [1.807, 2.05) is 36.4 Å². The Morgan fingerprint density at radius 1 is 1.14 bits per heavy atom. The highest BCUT2D eigenvalue weighted by Gasteiger charge is 2.14. The number of carbonyl (C=O) groups is 1. The maximum atomic E-state index is 12.9. The number of hydrogen-bond donors (Lipinski definition) is 4. The van der Waals surface area contributed by atoms with Crippen LogP contribution in [0.4, 0.5) is 11.4 Å². The third-order valence-electron chi connectivity index (χ3n) is 6.02. The zero-order chi connectivity index (χ0) is 24.8. The number of fused-ring (bicyclic) bond motifs is 1. The molecule has 3 aromatic carbocycles. The summed E-state index contributed by atoms with van der Waals surface area (Å²) in [7, 11) is 2.11. The molecule has 0 saturated heterocycles. The second-order valence-electron chi connectivity index (χ2n) is 8.68. The van der Waals surface area contributed by atoms with Gasteiger partial charge in [0.05, 0.1) is 5.69 Å². The Hall–Kier alpha value is -3.43. The summed E-state index contributed by atoms with van der Waals surface area (Å²) in [6.45, 7) is 3.06. The van der Waals surface area contributed by atoms with Crippen LogP contribution < -0.4 is 27.3 Å². The smallest absolute Gasteiger partial charge is 0.255 e. The summed E-state index contributed by atoms with van der Waals surface area (Å²) >= 11 is 6.34. The molecule has 1 amide bonds. The van der Waals surface area contributed by atoms with Gasteiger partial charge in [-0.15, -0.1) is 0 Å². The van der Waals surface area contributed by atoms with Gasteiger partial charge in [0.2, 0.25) is 0 Å². The minimum absolute atomic E-state index is 0.128. The Labute approximate surface area is 210 Å². The molecule has 0 spiro atoms. The van der Waals surface area contributed by atoms with Crippen LogP contribution in [0.25, 0.3) is 0 Å². The van der Waals surface area contributed by atoms with Gasteiger partial charge < -0.3 is 21.4 Å². The summed E-state index contributed by atoms with van der Waals surface area (Å²) in [5, 5.41) is 11.8. The predicted octanol–water partition coefficient (Wildman–Crippen LogP) is 3.45. The van der Waals surface area contributed by atoms with Crippen LogP contribution >= 0.6 is 11.6 Å². The summed E-state index contributed by atoms with van der Waals surface area (Å²) in [5.74, 6) is 10.9. The van der Waals surface area contributed by atoms with Gasteiger partial charge in [-0.1, -0.05) is 29.8 Å². The molecule has 1 aliphatic heterocycles. The summed E-state index contributed by atoms with van der Waals surface area (Å²) in [4.78, 5) is 15.2. The molecule has 0 aliphatic carbocycles. The minimum Gasteiger partial charge on any atom is -0.322 e. The van der Waals surface area contributed by atoms with Crippen LogP contribution in [-0.4, -0.2) is 30.7 Å². The van der Waals surface area contributed by atoms with Crippen LogP contribution in [0.1, 0.15) is 32.6 Å². The van der Waals surface area contributed by atoms with Gasteiger partial charge in [-0.2, -0.15) is 5.10 Å². The second-order valence-corrected chi connectivity index (χ2v) is 9.08. The molecular formula is C26H30ClN7O. The first-order valence-corrected chi connectivity index (χ1v) is 11.8. The molecule has 0 saturated carbocycles. The molecule has 4 rings (SSSR count). The number of benzene rings is 3. The Morgan fingerprint density at radius 2 is 2.00 bits per heavy atom. The minimum atomic E-state index is -0.128. The summed E-state index contributed by atoms with van der Waals surface area (Å²) < 4.78 is 0. The van der Waals surface area contributed by atoms with E-state index >= 15 is 0 Å². The number of nitrogens with two attached hydrogens (primary N) is 2. The van der Waals surface area contributed by atoms with Crippen molar-refractivity contribution in [2.24, 2.45) is 16.8 Å². The maximum absolute atomic E-state index is 12.9. The fourth-order valence-corrected chi connectivity index (χ4v) is 4.32. The zero-order valence-electron chi connectivity index (χ0n) is 19.7. The number of amides is 1. The highest BCUT2D eigenvalue weighted by Crippen LogP contribution is 2.23. The lowest BCUT2D eigenvalue weighted by Crippen LogP contribution is -2.29. The fraction of sp³-hybridized carbons (Fsp3) is 0.231. The van der Waals surface area contributed by atoms with Crippen molar-refractivity contribution in [3.8, 4) is 0 Å². The van der Waals surface area contributed by atoms with E-state index in [1.54, 1.807) is 12.1 Å². The Morgan fingerprint density at radius 3 is 2.83 bits per heavy atom. The predicted molar refractivity (Wildman–Crippen MR) is 142 cm³/mol. The topological polar surface area (TPSA) is 112 Å². The van der Waals surface area contributed by atoms with E-state index < -0.39 is 0 Å². The monoisotopic (exact) mass is 491 g/mol. The van der Waals surface area contributed by atoms with E-state index in [1.165, 1.54) is 22.5 Å². The van der Waals surface area contributed by atoms with E-state index in [0.717, 1.165) is 36.3 Å². The summed E-state index contributed by atoms with van der Waals surface area (Å²) in [6.07, 6.45) is 2.36. The lowest BCUT2D eigenvalue weighted by Gasteiger charge is -2.25. The summed E-state index contributed by atoms with van der Waals surface area (Å²) in [6, 6.07) is 19.2. The molecule has 0 atom stereocenters. The maximum Gasteiger partial charge on any atom is 0.255 e. The van der Waals surface area contributed by atoms with E-state index in [0.29, 0.717) is 29.4 Å². The largest absolute Gasteiger partial charge is 0.322 e. The van der Waals surface area contributed by atoms with Crippen LogP contribution in [0, 0.1) is 0 Å². The lowest BCUT2D eigenvalue weighted by atomic mass is 9.99. The van der Waals surface area contributed by atoms with E-state index in [9.17, 15) is 4.79 Å². The molecule has 0 radical (unpaired) electrons. The highest BCUT2D eigenvalue weighted by atomic mass is 35.5. The third-order valence-corrected chi connectivity index (χ3v) is 6.39. The molecule has 3 aromatic rings. The number of likely N-dealkylation sites (N-methyl/N-ethyl adjacent to an activating group) is 1. The molecule has 1 aliphatic rings. The van der Waals surface area contributed by atoms with Crippen molar-refractivity contribution < 1.29 is 4.79 Å². The Balaban J connectivity index is 1.37. The van der Waals surface area contributed by atoms with Crippen LogP contribution in [0.15, 0.2) is 65.8 Å². The molecule has 0 aromatic heterocycles. The van der Waals surface area contributed by atoms with Crippen molar-refractivity contribution in [1.82, 2.24) is 10.2 Å². The number of hydrazone groups is 1. The molecule has 9 heteroatoms. The number of nitrogens with zero attached hydrogens (tertiary/aromatic N) is 3. The van der Waals surface area contributed by atoms with Gasteiger partial charge in [0.25, 0.3) is 5.91 Å². The first-order chi connectivity index (χ1) is 16.9. The zero-order valence-corrected chi connectivity index (χ0v) is 20.4. The quantitative estimate of drug-likeness (QED) is 0.166. The van der Waals surface area contributed by atoms with Crippen LogP contribution in [0.3, 0.4) is 0 Å². The number of halogens is 1. The molecule has 1 heterocycles. The number of hydrazine groups is 1. The Bertz CT molecular complexity index is 1230. The normalized spacial score (nSPS) is 13.6. The van der Waals surface area contributed by atoms with Crippen molar-refractivity contribution in [3.05, 3.63) is 93.5 Å². The molecule has 0 bridgehead atoms. The first kappa shape index (κ1) is 24.7. The molecule has 0 unspecified atom stereocenters. The summed E-state index contributed by atoms with van der Waals surface area (Å²) in [5.41, 5.74) is 6.64. The van der Waals surface area contributed by atoms with Crippen LogP contribution in [0.2, 0.25) is 5.02 Å². The average molecular weight is 492 g/mol. The molecule has 182 valence electrons. The van der Waals surface area contributed by atoms with Gasteiger partial charge in [0, 0.05) is 42.5 Å². The van der Waals surface area contributed by atoms with E-state index in [-0.39, 0.29) is 5.91 Å². The van der Waals surface area contributed by atoms with E-state index in [2.05, 4.69) is 39.8 Å². The van der Waals surface area contributed by atoms with Gasteiger partial charge in [-0.25, -0.2) is 5.84 Å². The molecule has 8 nitrogen and oxygen atoms in total. The standard InChI is InChI=1S/C26H30ClN7O/c1-33-10-9-19-5-6-23(12-22(19)16-33)32-26(35)20-4-2-3-18(11-20)14-30-15-21-13-24(7-8-25(21)27)34(29)17-31-28/h2-8,11-13,17,30H,9-10,14-16,28-29H2,1H3,(H,32,35). The van der Waals surface area contributed by atoms with Crippen molar-refractivity contribution in [2.75, 3.05) is 23.9 Å². The molecule has 0 fully saturated rings. The van der Waals surface area contributed by atoms with Gasteiger partial charge >= 0.3 is 0 Å². The average Bonchev–Trinajstić information content (AvgIpc) is 2.85. The van der Waals surface area contributed by atoms with Crippen LogP contribution in [0.5, 0.6) is 0 Å². The number of rotatable bonds is 8. The highest BCUT2D eigenvalue weighted by molar-refractivity contribution is 6.31.